The molecule has 0 saturated carbocycles. The topological polar surface area (TPSA) is 12.0 Å². The molecule has 0 saturated heterocycles. The van der Waals surface area contributed by atoms with Crippen LogP contribution in [0.15, 0.2) is 40.9 Å². The lowest BCUT2D eigenvalue weighted by Gasteiger charge is -2.18. The van der Waals surface area contributed by atoms with E-state index in [1.165, 1.54) is 16.9 Å². The maximum absolute atomic E-state index is 6.07. The summed E-state index contributed by atoms with van der Waals surface area (Å²) in [6.07, 6.45) is 2.31. The normalized spacial score (nSPS) is 12.6. The summed E-state index contributed by atoms with van der Waals surface area (Å²) < 4.78 is 1.81. The summed E-state index contributed by atoms with van der Waals surface area (Å²) in [4.78, 5) is 1.26. The van der Waals surface area contributed by atoms with E-state index < -0.39 is 0 Å². The lowest BCUT2D eigenvalue weighted by atomic mass is 10.0. The molecule has 1 nitrogen and oxygen atoms in total. The number of thiophene rings is 1. The highest BCUT2D eigenvalue weighted by atomic mass is 79.9. The molecule has 1 heterocycles. The van der Waals surface area contributed by atoms with Gasteiger partial charge in [0.2, 0.25) is 0 Å². The number of halogens is 2. The minimum Gasteiger partial charge on any atom is -0.305 e. The summed E-state index contributed by atoms with van der Waals surface area (Å²) in [6, 6.07) is 13.1. The van der Waals surface area contributed by atoms with E-state index in [4.69, 9.17) is 11.6 Å². The monoisotopic (exact) mass is 357 g/mol. The molecule has 1 N–H and O–H groups in total. The zero-order valence-electron chi connectivity index (χ0n) is 10.8. The molecule has 0 amide bonds. The van der Waals surface area contributed by atoms with Crippen molar-refractivity contribution >= 4 is 38.9 Å². The van der Waals surface area contributed by atoms with Gasteiger partial charge in [0.15, 0.2) is 0 Å². The lowest BCUT2D eigenvalue weighted by Crippen LogP contribution is -2.20. The molecule has 0 aliphatic heterocycles. The first-order valence-electron chi connectivity index (χ1n) is 6.42. The second-order valence-corrected chi connectivity index (χ2v) is 7.06. The Morgan fingerprint density at radius 3 is 2.63 bits per heavy atom. The van der Waals surface area contributed by atoms with Crippen molar-refractivity contribution in [2.24, 2.45) is 0 Å². The molecule has 102 valence electrons. The standard InChI is InChI=1S/C15H17BrClNS/c1-2-6-14(11-7-4-3-5-8-11)18-10-12-9-13(16)15(17)19-12/h3-5,7-9,14,18H,2,6,10H2,1H3. The van der Waals surface area contributed by atoms with Gasteiger partial charge in [-0.1, -0.05) is 55.3 Å². The van der Waals surface area contributed by atoms with Crippen LogP contribution in [0, 0.1) is 0 Å². The first kappa shape index (κ1) is 15.0. The van der Waals surface area contributed by atoms with Gasteiger partial charge < -0.3 is 5.32 Å². The highest BCUT2D eigenvalue weighted by Crippen LogP contribution is 2.32. The average molecular weight is 359 g/mol. The zero-order chi connectivity index (χ0) is 13.7. The summed E-state index contributed by atoms with van der Waals surface area (Å²) in [5.41, 5.74) is 1.35. The van der Waals surface area contributed by atoms with Crippen LogP contribution in [0.4, 0.5) is 0 Å². The van der Waals surface area contributed by atoms with Gasteiger partial charge in [0.1, 0.15) is 4.34 Å². The number of rotatable bonds is 6. The largest absolute Gasteiger partial charge is 0.305 e. The molecule has 2 aromatic rings. The van der Waals surface area contributed by atoms with Crippen LogP contribution in [0.25, 0.3) is 0 Å². The van der Waals surface area contributed by atoms with Crippen LogP contribution >= 0.6 is 38.9 Å². The van der Waals surface area contributed by atoms with Crippen LogP contribution < -0.4 is 5.32 Å². The Bertz CT molecular complexity index is 493. The molecule has 4 heteroatoms. The van der Waals surface area contributed by atoms with Gasteiger partial charge >= 0.3 is 0 Å². The van der Waals surface area contributed by atoms with Gasteiger partial charge in [-0.25, -0.2) is 0 Å². The first-order valence-corrected chi connectivity index (χ1v) is 8.41. The minimum atomic E-state index is 0.408. The molecule has 0 radical (unpaired) electrons. The van der Waals surface area contributed by atoms with Crippen molar-refractivity contribution in [2.45, 2.75) is 32.4 Å². The predicted octanol–water partition coefficient (Wildman–Crippen LogP) is 5.80. The fourth-order valence-electron chi connectivity index (χ4n) is 2.06. The number of hydrogen-bond donors (Lipinski definition) is 1. The summed E-state index contributed by atoms with van der Waals surface area (Å²) in [7, 11) is 0. The molecule has 0 bridgehead atoms. The van der Waals surface area contributed by atoms with Gasteiger partial charge in [-0.3, -0.25) is 0 Å². The number of benzene rings is 1. The fraction of sp³-hybridized carbons (Fsp3) is 0.333. The van der Waals surface area contributed by atoms with Crippen LogP contribution in [0.1, 0.15) is 36.2 Å². The van der Waals surface area contributed by atoms with Gasteiger partial charge in [0.05, 0.1) is 0 Å². The maximum atomic E-state index is 6.07. The molecule has 1 aromatic carbocycles. The highest BCUT2D eigenvalue weighted by molar-refractivity contribution is 9.10. The fourth-order valence-corrected chi connectivity index (χ4v) is 3.80. The molecule has 0 aliphatic rings. The van der Waals surface area contributed by atoms with Gasteiger partial charge in [-0.15, -0.1) is 11.3 Å². The summed E-state index contributed by atoms with van der Waals surface area (Å²) in [6.45, 7) is 3.08. The van der Waals surface area contributed by atoms with Crippen molar-refractivity contribution in [2.75, 3.05) is 0 Å². The molecule has 1 unspecified atom stereocenters. The molecule has 1 aromatic heterocycles. The van der Waals surface area contributed by atoms with Gasteiger partial charge in [-0.2, -0.15) is 0 Å². The molecule has 0 aliphatic carbocycles. The Balaban J connectivity index is 2.01. The smallest absolute Gasteiger partial charge is 0.107 e. The van der Waals surface area contributed by atoms with Crippen molar-refractivity contribution in [3.8, 4) is 0 Å². The summed E-state index contributed by atoms with van der Waals surface area (Å²) in [5, 5.41) is 3.62. The third-order valence-electron chi connectivity index (χ3n) is 3.00. The Kier molecular flexibility index (Phi) is 5.89. The van der Waals surface area contributed by atoms with Gasteiger partial charge in [0, 0.05) is 21.9 Å². The van der Waals surface area contributed by atoms with Crippen molar-refractivity contribution in [1.82, 2.24) is 5.32 Å². The van der Waals surface area contributed by atoms with E-state index in [-0.39, 0.29) is 0 Å². The van der Waals surface area contributed by atoms with E-state index in [0.29, 0.717) is 6.04 Å². The SMILES string of the molecule is CCCC(NCc1cc(Br)c(Cl)s1)c1ccccc1. The molecule has 0 spiro atoms. The van der Waals surface area contributed by atoms with Gasteiger partial charge in [0.25, 0.3) is 0 Å². The Hall–Kier alpha value is -0.350. The Labute approximate surface area is 132 Å². The molecular weight excluding hydrogens is 342 g/mol. The molecule has 0 fully saturated rings. The third-order valence-corrected chi connectivity index (χ3v) is 5.47. The predicted molar refractivity (Wildman–Crippen MR) is 88.0 cm³/mol. The molecule has 2 rings (SSSR count). The number of hydrogen-bond acceptors (Lipinski definition) is 2. The van der Waals surface area contributed by atoms with Crippen molar-refractivity contribution in [3.05, 3.63) is 55.6 Å². The van der Waals surface area contributed by atoms with E-state index in [9.17, 15) is 0 Å². The highest BCUT2D eigenvalue weighted by Gasteiger charge is 2.11. The summed E-state index contributed by atoms with van der Waals surface area (Å²) >= 11 is 11.1. The molecule has 19 heavy (non-hydrogen) atoms. The quantitative estimate of drug-likeness (QED) is 0.688. The van der Waals surface area contributed by atoms with Crippen molar-refractivity contribution in [1.29, 1.82) is 0 Å². The zero-order valence-corrected chi connectivity index (χ0v) is 14.0. The number of nitrogens with one attached hydrogen (secondary N) is 1. The maximum Gasteiger partial charge on any atom is 0.107 e. The second-order valence-electron chi connectivity index (χ2n) is 4.47. The van der Waals surface area contributed by atoms with E-state index in [0.717, 1.165) is 21.8 Å². The van der Waals surface area contributed by atoms with E-state index in [1.807, 2.05) is 0 Å². The van der Waals surface area contributed by atoms with Crippen LogP contribution in [0.2, 0.25) is 4.34 Å². The lowest BCUT2D eigenvalue weighted by molar-refractivity contribution is 0.496. The average Bonchev–Trinajstić information content (AvgIpc) is 2.75. The van der Waals surface area contributed by atoms with Crippen LogP contribution in [0.3, 0.4) is 0 Å². The molecule has 1 atom stereocenters. The van der Waals surface area contributed by atoms with E-state index in [1.54, 1.807) is 11.3 Å². The van der Waals surface area contributed by atoms with Gasteiger partial charge in [-0.05, 0) is 34.0 Å². The van der Waals surface area contributed by atoms with Crippen LogP contribution in [-0.4, -0.2) is 0 Å². The Morgan fingerprint density at radius 2 is 2.05 bits per heavy atom. The van der Waals surface area contributed by atoms with E-state index >= 15 is 0 Å². The first-order chi connectivity index (χ1) is 9.20. The van der Waals surface area contributed by atoms with Crippen LogP contribution in [0.5, 0.6) is 0 Å². The molecular formula is C15H17BrClNS. The van der Waals surface area contributed by atoms with Crippen molar-refractivity contribution < 1.29 is 0 Å². The van der Waals surface area contributed by atoms with Crippen LogP contribution in [-0.2, 0) is 6.54 Å². The Morgan fingerprint density at radius 1 is 1.32 bits per heavy atom. The second kappa shape index (κ2) is 7.44. The third kappa shape index (κ3) is 4.32. The summed E-state index contributed by atoms with van der Waals surface area (Å²) in [5.74, 6) is 0. The minimum absolute atomic E-state index is 0.408. The van der Waals surface area contributed by atoms with Crippen molar-refractivity contribution in [3.63, 3.8) is 0 Å². The van der Waals surface area contributed by atoms with E-state index in [2.05, 4.69) is 64.6 Å².